The number of benzene rings is 1. The Hall–Kier alpha value is -3.67. The van der Waals surface area contributed by atoms with E-state index in [1.165, 1.54) is 35.5 Å². The van der Waals surface area contributed by atoms with Crippen molar-refractivity contribution < 1.29 is 17.2 Å². The van der Waals surface area contributed by atoms with Gasteiger partial charge in [-0.15, -0.1) is 10.2 Å². The monoisotopic (exact) mass is 567 g/mol. The van der Waals surface area contributed by atoms with Crippen molar-refractivity contribution in [2.24, 2.45) is 5.41 Å². The number of hydrogen-bond acceptors (Lipinski definition) is 8. The van der Waals surface area contributed by atoms with Gasteiger partial charge in [-0.25, -0.2) is 32.2 Å². The molecule has 0 bridgehead atoms. The van der Waals surface area contributed by atoms with Crippen molar-refractivity contribution in [3.05, 3.63) is 77.3 Å². The Morgan fingerprint density at radius 3 is 2.48 bits per heavy atom. The van der Waals surface area contributed by atoms with Gasteiger partial charge in [0.05, 0.1) is 33.3 Å². The van der Waals surface area contributed by atoms with Crippen LogP contribution in [0.15, 0.2) is 42.9 Å². The molecule has 210 valence electrons. The van der Waals surface area contributed by atoms with E-state index in [-0.39, 0.29) is 35.0 Å². The first-order valence-corrected chi connectivity index (χ1v) is 14.9. The summed E-state index contributed by atoms with van der Waals surface area (Å²) in [6.07, 6.45) is 5.21. The molecule has 1 aliphatic rings. The van der Waals surface area contributed by atoms with E-state index in [0.717, 1.165) is 12.0 Å². The van der Waals surface area contributed by atoms with Gasteiger partial charge in [0.25, 0.3) is 5.95 Å². The highest BCUT2D eigenvalue weighted by Crippen LogP contribution is 2.56. The molecule has 9 nitrogen and oxygen atoms in total. The third-order valence-electron chi connectivity index (χ3n) is 8.32. The van der Waals surface area contributed by atoms with E-state index in [4.69, 9.17) is 4.98 Å². The second kappa shape index (κ2) is 9.76. The summed E-state index contributed by atoms with van der Waals surface area (Å²) in [5.41, 5.74) is 1.09. The number of rotatable bonds is 6. The molecule has 3 heterocycles. The maximum atomic E-state index is 14.6. The van der Waals surface area contributed by atoms with Gasteiger partial charge in [0.1, 0.15) is 27.8 Å². The number of halogens is 2. The molecule has 0 radical (unpaired) electrons. The zero-order valence-electron chi connectivity index (χ0n) is 23.2. The van der Waals surface area contributed by atoms with Crippen LogP contribution in [0.5, 0.6) is 0 Å². The van der Waals surface area contributed by atoms with Crippen LogP contribution in [0.1, 0.15) is 69.7 Å². The number of aromatic nitrogens is 7. The summed E-state index contributed by atoms with van der Waals surface area (Å²) in [5, 5.41) is 12.7. The van der Waals surface area contributed by atoms with E-state index in [1.54, 1.807) is 19.2 Å². The normalized spacial score (nSPS) is 21.1. The molecule has 5 rings (SSSR count). The first kappa shape index (κ1) is 27.9. The van der Waals surface area contributed by atoms with Crippen LogP contribution in [0.25, 0.3) is 17.2 Å². The minimum Gasteiger partial charge on any atom is -0.229 e. The molecule has 0 amide bonds. The lowest BCUT2D eigenvalue weighted by molar-refractivity contribution is 0.158. The average Bonchev–Trinajstić information content (AvgIpc) is 3.35. The fraction of sp³-hybridized carbons (Fsp3) is 0.429. The Bertz CT molecular complexity index is 1690. The third kappa shape index (κ3) is 4.67. The van der Waals surface area contributed by atoms with Crippen LogP contribution in [-0.2, 0) is 21.7 Å². The molecule has 0 spiro atoms. The van der Waals surface area contributed by atoms with E-state index in [1.807, 2.05) is 13.0 Å². The number of nitrogens with zero attached hydrogens (tertiary/aromatic N) is 7. The van der Waals surface area contributed by atoms with E-state index in [0.29, 0.717) is 17.2 Å². The zero-order chi connectivity index (χ0) is 29.0. The standard InChI is InChI=1S/C28H31F2N7O2S/c1-16-14-27(3,4)28(5,25-18(16)13-21(34-35-25)24-19(29)8-7-9-20(24)30)22-10-11-31-26(33-22)37-15-32-23(36-37)12-17(2)40(6,38)39/h7-11,13,15-17H,12,14H2,1-6H3/t16-,17-,28+/m1/s1. The summed E-state index contributed by atoms with van der Waals surface area (Å²) in [6.45, 7) is 10.0. The molecule has 0 aliphatic heterocycles. The molecule has 0 saturated heterocycles. The van der Waals surface area contributed by atoms with Gasteiger partial charge < -0.3 is 0 Å². The summed E-state index contributed by atoms with van der Waals surface area (Å²) in [6, 6.07) is 7.28. The van der Waals surface area contributed by atoms with Crippen LogP contribution in [0.3, 0.4) is 0 Å². The summed E-state index contributed by atoms with van der Waals surface area (Å²) < 4.78 is 54.3. The largest absolute Gasteiger partial charge is 0.252 e. The van der Waals surface area contributed by atoms with Crippen molar-refractivity contribution >= 4 is 9.84 Å². The smallest absolute Gasteiger partial charge is 0.229 e. The van der Waals surface area contributed by atoms with Crippen LogP contribution in [0, 0.1) is 17.0 Å². The lowest BCUT2D eigenvalue weighted by Crippen LogP contribution is -2.47. The average molecular weight is 568 g/mol. The number of hydrogen-bond donors (Lipinski definition) is 0. The summed E-state index contributed by atoms with van der Waals surface area (Å²) >= 11 is 0. The molecule has 12 heteroatoms. The lowest BCUT2D eigenvalue weighted by Gasteiger charge is -2.49. The van der Waals surface area contributed by atoms with E-state index < -0.39 is 32.1 Å². The minimum atomic E-state index is -3.23. The fourth-order valence-corrected chi connectivity index (χ4v) is 5.99. The van der Waals surface area contributed by atoms with Crippen molar-refractivity contribution in [3.63, 3.8) is 0 Å². The van der Waals surface area contributed by atoms with Gasteiger partial charge in [-0.2, -0.15) is 9.78 Å². The maximum Gasteiger partial charge on any atom is 0.252 e. The van der Waals surface area contributed by atoms with Crippen molar-refractivity contribution in [1.29, 1.82) is 0 Å². The molecule has 1 aliphatic carbocycles. The molecule has 4 aromatic rings. The van der Waals surface area contributed by atoms with Gasteiger partial charge in [-0.1, -0.05) is 26.8 Å². The Balaban J connectivity index is 1.58. The van der Waals surface area contributed by atoms with Crippen molar-refractivity contribution in [3.8, 4) is 17.2 Å². The predicted molar refractivity (Wildman–Crippen MR) is 146 cm³/mol. The third-order valence-corrected chi connectivity index (χ3v) is 9.95. The lowest BCUT2D eigenvalue weighted by atomic mass is 9.54. The van der Waals surface area contributed by atoms with Gasteiger partial charge in [0.2, 0.25) is 0 Å². The van der Waals surface area contributed by atoms with Gasteiger partial charge in [-0.3, -0.25) is 0 Å². The molecule has 3 atom stereocenters. The first-order valence-electron chi connectivity index (χ1n) is 13.0. The molecular formula is C28H31F2N7O2S. The van der Waals surface area contributed by atoms with E-state index >= 15 is 0 Å². The maximum absolute atomic E-state index is 14.6. The molecule has 0 fully saturated rings. The molecule has 3 aromatic heterocycles. The van der Waals surface area contributed by atoms with E-state index in [2.05, 4.69) is 46.0 Å². The Kier molecular flexibility index (Phi) is 6.80. The molecule has 1 aromatic carbocycles. The SMILES string of the molecule is C[C@@H]1CC(C)(C)[C@@](C)(c2ccnc(-n3cnc(C[C@@H](C)S(C)(=O)=O)n3)n2)c2nnc(-c3c(F)cccc3F)cc21. The molecule has 0 saturated carbocycles. The fourth-order valence-electron chi connectivity index (χ4n) is 5.54. The highest BCUT2D eigenvalue weighted by Gasteiger charge is 2.52. The first-order chi connectivity index (χ1) is 18.7. The number of sulfone groups is 1. The second-order valence-electron chi connectivity index (χ2n) is 11.4. The van der Waals surface area contributed by atoms with Crippen LogP contribution >= 0.6 is 0 Å². The highest BCUT2D eigenvalue weighted by molar-refractivity contribution is 7.91. The van der Waals surface area contributed by atoms with Crippen molar-refractivity contribution in [2.45, 2.75) is 64.0 Å². The van der Waals surface area contributed by atoms with Crippen molar-refractivity contribution in [1.82, 2.24) is 34.9 Å². The quantitative estimate of drug-likeness (QED) is 0.332. The Morgan fingerprint density at radius 2 is 1.80 bits per heavy atom. The van der Waals surface area contributed by atoms with Gasteiger partial charge in [0, 0.05) is 18.9 Å². The zero-order valence-corrected chi connectivity index (χ0v) is 24.0. The van der Waals surface area contributed by atoms with Crippen molar-refractivity contribution in [2.75, 3.05) is 6.26 Å². The van der Waals surface area contributed by atoms with E-state index in [9.17, 15) is 17.2 Å². The van der Waals surface area contributed by atoms with Crippen LogP contribution in [-0.4, -0.2) is 54.9 Å². The molecule has 0 N–H and O–H groups in total. The molecular weight excluding hydrogens is 536 g/mol. The van der Waals surface area contributed by atoms with Gasteiger partial charge in [0.15, 0.2) is 5.82 Å². The number of fused-ring (bicyclic) bond motifs is 1. The summed E-state index contributed by atoms with van der Waals surface area (Å²) in [4.78, 5) is 13.5. The Morgan fingerprint density at radius 1 is 1.10 bits per heavy atom. The molecule has 40 heavy (non-hydrogen) atoms. The second-order valence-corrected chi connectivity index (χ2v) is 13.9. The summed E-state index contributed by atoms with van der Waals surface area (Å²) in [7, 11) is -3.23. The highest BCUT2D eigenvalue weighted by atomic mass is 32.2. The summed E-state index contributed by atoms with van der Waals surface area (Å²) in [5.74, 6) is -0.690. The van der Waals surface area contributed by atoms with Crippen LogP contribution in [0.4, 0.5) is 8.78 Å². The van der Waals surface area contributed by atoms with Crippen LogP contribution < -0.4 is 0 Å². The van der Waals surface area contributed by atoms with Gasteiger partial charge in [-0.05, 0) is 61.4 Å². The topological polar surface area (TPSA) is 116 Å². The van der Waals surface area contributed by atoms with Crippen LogP contribution in [0.2, 0.25) is 0 Å². The minimum absolute atomic E-state index is 0.0539. The Labute approximate surface area is 232 Å². The predicted octanol–water partition coefficient (Wildman–Crippen LogP) is 4.61. The van der Waals surface area contributed by atoms with Gasteiger partial charge >= 0.3 is 0 Å². The molecule has 0 unspecified atom stereocenters.